The van der Waals surface area contributed by atoms with E-state index in [1.807, 2.05) is 0 Å². The van der Waals surface area contributed by atoms with Gasteiger partial charge in [0.15, 0.2) is 5.82 Å². The van der Waals surface area contributed by atoms with Gasteiger partial charge in [0.25, 0.3) is 10.0 Å². The number of hydrogen-bond donors (Lipinski definition) is 2. The van der Waals surface area contributed by atoms with E-state index < -0.39 is 15.8 Å². The maximum absolute atomic E-state index is 12.9. The van der Waals surface area contributed by atoms with Gasteiger partial charge in [0.1, 0.15) is 10.7 Å². The number of nitrogens with one attached hydrogen (secondary N) is 2. The summed E-state index contributed by atoms with van der Waals surface area (Å²) in [4.78, 5) is 3.22. The third-order valence-corrected chi connectivity index (χ3v) is 3.26. The number of pyridine rings is 1. The Morgan fingerprint density at radius 2 is 2.12 bits per heavy atom. The Morgan fingerprint density at radius 1 is 1.35 bits per heavy atom. The Balaban J connectivity index is 2.31. The minimum absolute atomic E-state index is 0.145. The average Bonchev–Trinajstić information content (AvgIpc) is 2.63. The molecular formula is C9H9FN4O2S. The third kappa shape index (κ3) is 2.59. The largest absolute Gasteiger partial charge is 0.281 e. The van der Waals surface area contributed by atoms with Crippen LogP contribution in [-0.4, -0.2) is 23.6 Å². The van der Waals surface area contributed by atoms with Crippen molar-refractivity contribution in [2.24, 2.45) is 0 Å². The van der Waals surface area contributed by atoms with Gasteiger partial charge in [0.2, 0.25) is 0 Å². The molecule has 0 aliphatic carbocycles. The predicted molar refractivity (Wildman–Crippen MR) is 58.3 cm³/mol. The van der Waals surface area contributed by atoms with Gasteiger partial charge in [-0.25, -0.2) is 12.8 Å². The van der Waals surface area contributed by atoms with Crippen molar-refractivity contribution in [3.63, 3.8) is 0 Å². The minimum atomic E-state index is -3.86. The van der Waals surface area contributed by atoms with E-state index in [4.69, 9.17) is 0 Å². The van der Waals surface area contributed by atoms with E-state index in [1.54, 1.807) is 6.92 Å². The number of anilines is 1. The van der Waals surface area contributed by atoms with Crippen LogP contribution in [0.1, 0.15) is 5.69 Å². The first-order valence-electron chi connectivity index (χ1n) is 4.63. The molecule has 2 aromatic rings. The molecule has 2 aromatic heterocycles. The van der Waals surface area contributed by atoms with Gasteiger partial charge in [0, 0.05) is 18.0 Å². The lowest BCUT2D eigenvalue weighted by molar-refractivity contribution is 0.592. The monoisotopic (exact) mass is 256 g/mol. The summed E-state index contributed by atoms with van der Waals surface area (Å²) < 4.78 is 38.7. The third-order valence-electron chi connectivity index (χ3n) is 1.93. The summed E-state index contributed by atoms with van der Waals surface area (Å²) in [6.07, 6.45) is 1.99. The van der Waals surface area contributed by atoms with Crippen molar-refractivity contribution < 1.29 is 12.8 Å². The molecule has 0 aliphatic rings. The molecule has 0 fully saturated rings. The quantitative estimate of drug-likeness (QED) is 0.859. The summed E-state index contributed by atoms with van der Waals surface area (Å²) in [7, 11) is -3.86. The molecule has 0 bridgehead atoms. The van der Waals surface area contributed by atoms with Gasteiger partial charge in [0.05, 0.1) is 6.20 Å². The highest BCUT2D eigenvalue weighted by Gasteiger charge is 2.16. The van der Waals surface area contributed by atoms with Crippen LogP contribution < -0.4 is 4.72 Å². The van der Waals surface area contributed by atoms with Gasteiger partial charge in [-0.3, -0.25) is 14.8 Å². The fraction of sp³-hybridized carbons (Fsp3) is 0.111. The van der Waals surface area contributed by atoms with Crippen LogP contribution in [0.4, 0.5) is 10.2 Å². The van der Waals surface area contributed by atoms with Crippen LogP contribution in [0.5, 0.6) is 0 Å². The molecule has 17 heavy (non-hydrogen) atoms. The normalized spacial score (nSPS) is 11.4. The molecule has 6 nitrogen and oxygen atoms in total. The highest BCUT2D eigenvalue weighted by Crippen LogP contribution is 2.14. The first kappa shape index (κ1) is 11.5. The minimum Gasteiger partial charge on any atom is -0.281 e. The zero-order valence-electron chi connectivity index (χ0n) is 8.81. The number of aromatic amines is 1. The summed E-state index contributed by atoms with van der Waals surface area (Å²) >= 11 is 0. The van der Waals surface area contributed by atoms with Crippen molar-refractivity contribution in [2.75, 3.05) is 4.72 Å². The molecule has 0 spiro atoms. The van der Waals surface area contributed by atoms with Crippen LogP contribution in [-0.2, 0) is 10.0 Å². The van der Waals surface area contributed by atoms with Crippen LogP contribution >= 0.6 is 0 Å². The van der Waals surface area contributed by atoms with Crippen LogP contribution in [0.15, 0.2) is 29.4 Å². The summed E-state index contributed by atoms with van der Waals surface area (Å²) in [5, 5.41) is 6.31. The van der Waals surface area contributed by atoms with Crippen LogP contribution in [0.2, 0.25) is 0 Å². The van der Waals surface area contributed by atoms with Crippen molar-refractivity contribution in [2.45, 2.75) is 11.8 Å². The zero-order valence-corrected chi connectivity index (χ0v) is 9.62. The van der Waals surface area contributed by atoms with E-state index in [1.165, 1.54) is 6.07 Å². The van der Waals surface area contributed by atoms with Crippen molar-refractivity contribution >= 4 is 15.8 Å². The second kappa shape index (κ2) is 4.13. The lowest BCUT2D eigenvalue weighted by Crippen LogP contribution is -2.13. The Bertz CT molecular complexity index is 638. The van der Waals surface area contributed by atoms with Gasteiger partial charge in [-0.15, -0.1) is 0 Å². The first-order valence-corrected chi connectivity index (χ1v) is 6.11. The molecule has 0 aliphatic heterocycles. The van der Waals surface area contributed by atoms with Gasteiger partial charge in [-0.1, -0.05) is 0 Å². The van der Waals surface area contributed by atoms with E-state index in [9.17, 15) is 12.8 Å². The molecule has 0 saturated carbocycles. The molecule has 0 radical (unpaired) electrons. The standard InChI is InChI=1S/C9H9FN4O2S/c1-6-2-9(13-12-6)14-17(15,16)8-3-7(10)4-11-5-8/h2-5H,1H3,(H2,12,13,14). The molecule has 2 rings (SSSR count). The van der Waals surface area contributed by atoms with Crippen molar-refractivity contribution in [3.05, 3.63) is 36.0 Å². The summed E-state index contributed by atoms with van der Waals surface area (Å²) in [6, 6.07) is 2.40. The first-order chi connectivity index (χ1) is 7.97. The van der Waals surface area contributed by atoms with E-state index in [-0.39, 0.29) is 10.7 Å². The number of aromatic nitrogens is 3. The van der Waals surface area contributed by atoms with E-state index in [0.29, 0.717) is 5.69 Å². The molecular weight excluding hydrogens is 247 g/mol. The molecule has 0 aromatic carbocycles. The fourth-order valence-corrected chi connectivity index (χ4v) is 2.17. The van der Waals surface area contributed by atoms with Crippen LogP contribution in [0.3, 0.4) is 0 Å². The molecule has 0 unspecified atom stereocenters. The van der Waals surface area contributed by atoms with E-state index in [0.717, 1.165) is 18.5 Å². The number of sulfonamides is 1. The van der Waals surface area contributed by atoms with Crippen molar-refractivity contribution in [1.82, 2.24) is 15.2 Å². The Kier molecular flexibility index (Phi) is 2.80. The molecule has 0 atom stereocenters. The Labute approximate surface area is 96.9 Å². The highest BCUT2D eigenvalue weighted by molar-refractivity contribution is 7.92. The second-order valence-corrected chi connectivity index (χ2v) is 5.06. The highest BCUT2D eigenvalue weighted by atomic mass is 32.2. The van der Waals surface area contributed by atoms with Gasteiger partial charge < -0.3 is 0 Å². The van der Waals surface area contributed by atoms with Crippen LogP contribution in [0, 0.1) is 12.7 Å². The SMILES string of the molecule is Cc1cc(NS(=O)(=O)c2cncc(F)c2)n[nH]1. The number of halogens is 1. The average molecular weight is 256 g/mol. The summed E-state index contributed by atoms with van der Waals surface area (Å²) in [5.74, 6) is -0.571. The van der Waals surface area contributed by atoms with Gasteiger partial charge in [-0.05, 0) is 13.0 Å². The Morgan fingerprint density at radius 3 is 2.71 bits per heavy atom. The molecule has 0 saturated heterocycles. The summed E-state index contributed by atoms with van der Waals surface area (Å²) in [6.45, 7) is 1.73. The number of aryl methyl sites for hydroxylation is 1. The maximum Gasteiger partial charge on any atom is 0.264 e. The smallest absolute Gasteiger partial charge is 0.264 e. The van der Waals surface area contributed by atoms with Gasteiger partial charge in [-0.2, -0.15) is 5.10 Å². The predicted octanol–water partition coefficient (Wildman–Crippen LogP) is 1.05. The summed E-state index contributed by atoms with van der Waals surface area (Å²) in [5.41, 5.74) is 0.708. The molecule has 90 valence electrons. The number of H-pyrrole nitrogens is 1. The number of nitrogens with zero attached hydrogens (tertiary/aromatic N) is 2. The molecule has 2 heterocycles. The molecule has 2 N–H and O–H groups in total. The molecule has 0 amide bonds. The van der Waals surface area contributed by atoms with Gasteiger partial charge >= 0.3 is 0 Å². The number of rotatable bonds is 3. The van der Waals surface area contributed by atoms with Crippen molar-refractivity contribution in [1.29, 1.82) is 0 Å². The second-order valence-electron chi connectivity index (χ2n) is 3.38. The van der Waals surface area contributed by atoms with Crippen molar-refractivity contribution in [3.8, 4) is 0 Å². The number of hydrogen-bond acceptors (Lipinski definition) is 4. The molecule has 8 heteroatoms. The van der Waals surface area contributed by atoms with Crippen LogP contribution in [0.25, 0.3) is 0 Å². The zero-order chi connectivity index (χ0) is 12.5. The lowest BCUT2D eigenvalue weighted by atomic mass is 10.5. The lowest BCUT2D eigenvalue weighted by Gasteiger charge is -2.04. The van der Waals surface area contributed by atoms with E-state index in [2.05, 4.69) is 19.9 Å². The van der Waals surface area contributed by atoms with E-state index >= 15 is 0 Å². The topological polar surface area (TPSA) is 87.7 Å². The Hall–Kier alpha value is -1.96. The maximum atomic E-state index is 12.9. The fourth-order valence-electron chi connectivity index (χ4n) is 1.21.